The average molecular weight is 297 g/mol. The fraction of sp³-hybridized carbons (Fsp3) is 0.500. The van der Waals surface area contributed by atoms with Gasteiger partial charge in [-0.3, -0.25) is 4.79 Å². The molecule has 110 valence electrons. The molecule has 2 atom stereocenters. The summed E-state index contributed by atoms with van der Waals surface area (Å²) in [6.45, 7) is 5.60. The van der Waals surface area contributed by atoms with Gasteiger partial charge in [0, 0.05) is 23.3 Å². The number of allylic oxidation sites excluding steroid dienone is 1. The summed E-state index contributed by atoms with van der Waals surface area (Å²) in [7, 11) is -3.10. The Morgan fingerprint density at radius 2 is 2.20 bits per heavy atom. The Hall–Kier alpha value is -1.56. The molecule has 1 aliphatic heterocycles. The largest absolute Gasteiger partial charge is 0.466 e. The molecule has 2 rings (SSSR count). The van der Waals surface area contributed by atoms with Crippen LogP contribution in [0.4, 0.5) is 0 Å². The summed E-state index contributed by atoms with van der Waals surface area (Å²) in [6.07, 6.45) is 1.78. The van der Waals surface area contributed by atoms with Gasteiger partial charge in [0.15, 0.2) is 9.84 Å². The van der Waals surface area contributed by atoms with Gasteiger partial charge in [0.25, 0.3) is 0 Å². The third-order valence-electron chi connectivity index (χ3n) is 3.38. The molecule has 0 saturated carbocycles. The first kappa shape index (κ1) is 14.8. The van der Waals surface area contributed by atoms with Crippen LogP contribution in [0.25, 0.3) is 0 Å². The fourth-order valence-electron chi connectivity index (χ4n) is 2.46. The van der Waals surface area contributed by atoms with Gasteiger partial charge in [-0.25, -0.2) is 8.42 Å². The number of carbonyl (C=O) groups excluding carboxylic acids is 1. The molecule has 1 aromatic rings. The van der Waals surface area contributed by atoms with Gasteiger partial charge >= 0.3 is 0 Å². The lowest BCUT2D eigenvalue weighted by molar-refractivity contribution is -0.122. The zero-order chi connectivity index (χ0) is 14.9. The third kappa shape index (κ3) is 3.50. The lowest BCUT2D eigenvalue weighted by atomic mass is 10.1. The number of rotatable bonds is 4. The number of aryl methyl sites for hydroxylation is 2. The van der Waals surface area contributed by atoms with Crippen molar-refractivity contribution >= 4 is 15.7 Å². The Morgan fingerprint density at radius 1 is 1.50 bits per heavy atom. The van der Waals surface area contributed by atoms with Crippen molar-refractivity contribution in [2.75, 3.05) is 5.75 Å². The lowest BCUT2D eigenvalue weighted by Gasteiger charge is -2.14. The Labute approximate surface area is 119 Å². The summed E-state index contributed by atoms with van der Waals surface area (Å²) in [5, 5.41) is 4.07. The van der Waals surface area contributed by atoms with Crippen LogP contribution in [-0.2, 0) is 14.6 Å². The molecule has 0 fully saturated rings. The van der Waals surface area contributed by atoms with Crippen molar-refractivity contribution < 1.29 is 17.6 Å². The van der Waals surface area contributed by atoms with Crippen LogP contribution in [0.2, 0.25) is 0 Å². The monoisotopic (exact) mass is 297 g/mol. The van der Waals surface area contributed by atoms with E-state index in [0.29, 0.717) is 0 Å². The van der Waals surface area contributed by atoms with Gasteiger partial charge in [0.05, 0.1) is 11.8 Å². The SMILES string of the molecule is Cc1cc([C@@H](C)NC(=O)C[C@H]2C=CS(=O)(=O)C2)c(C)o1. The first-order valence-corrected chi connectivity index (χ1v) is 8.25. The lowest BCUT2D eigenvalue weighted by Crippen LogP contribution is -2.28. The first-order chi connectivity index (χ1) is 9.27. The molecule has 0 spiro atoms. The molecular weight excluding hydrogens is 278 g/mol. The van der Waals surface area contributed by atoms with E-state index >= 15 is 0 Å². The number of amides is 1. The minimum Gasteiger partial charge on any atom is -0.466 e. The number of carbonyl (C=O) groups is 1. The van der Waals surface area contributed by atoms with E-state index in [1.54, 1.807) is 6.08 Å². The van der Waals surface area contributed by atoms with Crippen LogP contribution in [0.5, 0.6) is 0 Å². The van der Waals surface area contributed by atoms with Gasteiger partial charge in [-0.15, -0.1) is 0 Å². The number of hydrogen-bond donors (Lipinski definition) is 1. The van der Waals surface area contributed by atoms with Crippen LogP contribution in [0.3, 0.4) is 0 Å². The van der Waals surface area contributed by atoms with E-state index in [1.807, 2.05) is 26.8 Å². The number of sulfone groups is 1. The summed E-state index contributed by atoms with van der Waals surface area (Å²) in [5.41, 5.74) is 0.949. The van der Waals surface area contributed by atoms with E-state index in [1.165, 1.54) is 5.41 Å². The second-order valence-electron chi connectivity index (χ2n) is 5.28. The van der Waals surface area contributed by atoms with Crippen molar-refractivity contribution in [3.05, 3.63) is 34.6 Å². The number of furan rings is 1. The fourth-order valence-corrected chi connectivity index (χ4v) is 3.86. The predicted molar refractivity (Wildman–Crippen MR) is 75.8 cm³/mol. The number of nitrogens with one attached hydrogen (secondary N) is 1. The Kier molecular flexibility index (Phi) is 4.04. The normalized spacial score (nSPS) is 21.9. The van der Waals surface area contributed by atoms with Gasteiger partial charge in [0.1, 0.15) is 11.5 Å². The van der Waals surface area contributed by atoms with Crippen LogP contribution in [0.1, 0.15) is 36.5 Å². The van der Waals surface area contributed by atoms with E-state index in [-0.39, 0.29) is 30.0 Å². The highest BCUT2D eigenvalue weighted by molar-refractivity contribution is 7.94. The van der Waals surface area contributed by atoms with Crippen molar-refractivity contribution in [2.24, 2.45) is 5.92 Å². The standard InChI is InChI=1S/C14H19NO4S/c1-9-6-13(11(3)19-9)10(2)15-14(16)7-12-4-5-20(17,18)8-12/h4-6,10,12H,7-8H2,1-3H3,(H,15,16)/t10-,12-/m1/s1. The van der Waals surface area contributed by atoms with E-state index in [9.17, 15) is 13.2 Å². The van der Waals surface area contributed by atoms with Gasteiger partial charge in [-0.05, 0) is 26.8 Å². The highest BCUT2D eigenvalue weighted by Gasteiger charge is 2.24. The molecule has 6 heteroatoms. The van der Waals surface area contributed by atoms with Gasteiger partial charge in [-0.2, -0.15) is 0 Å². The molecule has 1 amide bonds. The average Bonchev–Trinajstić information content (AvgIpc) is 2.81. The van der Waals surface area contributed by atoms with Crippen LogP contribution in [0.15, 0.2) is 22.0 Å². The van der Waals surface area contributed by atoms with Crippen molar-refractivity contribution in [1.82, 2.24) is 5.32 Å². The maximum Gasteiger partial charge on any atom is 0.221 e. The van der Waals surface area contributed by atoms with Gasteiger partial charge in [0.2, 0.25) is 5.91 Å². The summed E-state index contributed by atoms with van der Waals surface area (Å²) in [6, 6.07) is 1.75. The van der Waals surface area contributed by atoms with Crippen molar-refractivity contribution in [1.29, 1.82) is 0 Å². The highest BCUT2D eigenvalue weighted by Crippen LogP contribution is 2.22. The molecule has 0 unspecified atom stereocenters. The molecule has 20 heavy (non-hydrogen) atoms. The van der Waals surface area contributed by atoms with Crippen molar-refractivity contribution in [2.45, 2.75) is 33.2 Å². The quantitative estimate of drug-likeness (QED) is 0.922. The van der Waals surface area contributed by atoms with Crippen LogP contribution < -0.4 is 5.32 Å². The van der Waals surface area contributed by atoms with E-state index in [2.05, 4.69) is 5.32 Å². The number of hydrogen-bond acceptors (Lipinski definition) is 4. The van der Waals surface area contributed by atoms with Gasteiger partial charge < -0.3 is 9.73 Å². The molecule has 1 N–H and O–H groups in total. The Balaban J connectivity index is 1.92. The highest BCUT2D eigenvalue weighted by atomic mass is 32.2. The van der Waals surface area contributed by atoms with Crippen LogP contribution >= 0.6 is 0 Å². The molecule has 0 radical (unpaired) electrons. The van der Waals surface area contributed by atoms with Crippen LogP contribution in [0, 0.1) is 19.8 Å². The van der Waals surface area contributed by atoms with Crippen LogP contribution in [-0.4, -0.2) is 20.1 Å². The minimum atomic E-state index is -3.10. The second-order valence-corrected chi connectivity index (χ2v) is 7.21. The maximum atomic E-state index is 11.9. The van der Waals surface area contributed by atoms with Gasteiger partial charge in [-0.1, -0.05) is 6.08 Å². The molecule has 1 aromatic heterocycles. The zero-order valence-corrected chi connectivity index (χ0v) is 12.7. The van der Waals surface area contributed by atoms with Crippen molar-refractivity contribution in [3.8, 4) is 0 Å². The zero-order valence-electron chi connectivity index (χ0n) is 11.8. The van der Waals surface area contributed by atoms with E-state index in [4.69, 9.17) is 4.42 Å². The molecule has 2 heterocycles. The third-order valence-corrected chi connectivity index (χ3v) is 4.84. The minimum absolute atomic E-state index is 0.0264. The summed E-state index contributed by atoms with van der Waals surface area (Å²) < 4.78 is 28.0. The molecule has 0 aliphatic carbocycles. The summed E-state index contributed by atoms with van der Waals surface area (Å²) >= 11 is 0. The maximum absolute atomic E-state index is 11.9. The molecule has 0 bridgehead atoms. The molecular formula is C14H19NO4S. The smallest absolute Gasteiger partial charge is 0.221 e. The molecule has 0 aromatic carbocycles. The predicted octanol–water partition coefficient (Wildman–Crippen LogP) is 2.02. The van der Waals surface area contributed by atoms with E-state index < -0.39 is 9.84 Å². The Bertz CT molecular complexity index is 642. The molecule has 5 nitrogen and oxygen atoms in total. The summed E-state index contributed by atoms with van der Waals surface area (Å²) in [5.74, 6) is 1.25. The Morgan fingerprint density at radius 3 is 2.70 bits per heavy atom. The van der Waals surface area contributed by atoms with E-state index in [0.717, 1.165) is 17.1 Å². The van der Waals surface area contributed by atoms with Crippen molar-refractivity contribution in [3.63, 3.8) is 0 Å². The second kappa shape index (κ2) is 5.44. The molecule has 1 aliphatic rings. The molecule has 0 saturated heterocycles. The summed E-state index contributed by atoms with van der Waals surface area (Å²) in [4.78, 5) is 11.9. The first-order valence-electron chi connectivity index (χ1n) is 6.54. The topological polar surface area (TPSA) is 76.4 Å².